The minimum atomic E-state index is 0.0757. The Hall–Kier alpha value is -2.44. The van der Waals surface area contributed by atoms with Crippen molar-refractivity contribution in [1.82, 2.24) is 14.9 Å². The van der Waals surface area contributed by atoms with Crippen molar-refractivity contribution in [3.63, 3.8) is 0 Å². The van der Waals surface area contributed by atoms with E-state index in [1.54, 1.807) is 0 Å². The van der Waals surface area contributed by atoms with Crippen molar-refractivity contribution in [1.29, 1.82) is 0 Å². The summed E-state index contributed by atoms with van der Waals surface area (Å²) in [5.74, 6) is 1.87. The second kappa shape index (κ2) is 7.21. The van der Waals surface area contributed by atoms with Gasteiger partial charge in [0.05, 0.1) is 11.9 Å². The standard InChI is InChI=1S/C19H24N4O2/c1-12-13(2)25-19-17(12)18(20)21-16(22-19)11-23(3)15(9-10-24)14-7-5-4-6-8-14/h4-8,15,24H,9-11H2,1-3H3,(H2,20,21,22). The number of benzene rings is 1. The van der Waals surface area contributed by atoms with Crippen LogP contribution in [0.4, 0.5) is 5.82 Å². The van der Waals surface area contributed by atoms with Gasteiger partial charge in [-0.15, -0.1) is 0 Å². The van der Waals surface area contributed by atoms with Crippen molar-refractivity contribution in [2.75, 3.05) is 19.4 Å². The zero-order valence-electron chi connectivity index (χ0n) is 14.9. The van der Waals surface area contributed by atoms with Crippen LogP contribution in [0, 0.1) is 13.8 Å². The second-order valence-electron chi connectivity index (χ2n) is 6.34. The van der Waals surface area contributed by atoms with E-state index in [-0.39, 0.29) is 12.6 Å². The van der Waals surface area contributed by atoms with Crippen LogP contribution in [-0.4, -0.2) is 33.6 Å². The van der Waals surface area contributed by atoms with Gasteiger partial charge in [0, 0.05) is 18.2 Å². The van der Waals surface area contributed by atoms with Gasteiger partial charge in [-0.1, -0.05) is 30.3 Å². The number of aromatic nitrogens is 2. The highest BCUT2D eigenvalue weighted by molar-refractivity contribution is 5.88. The summed E-state index contributed by atoms with van der Waals surface area (Å²) < 4.78 is 5.70. The van der Waals surface area contributed by atoms with Gasteiger partial charge >= 0.3 is 0 Å². The number of anilines is 1. The van der Waals surface area contributed by atoms with Gasteiger partial charge in [0.15, 0.2) is 0 Å². The minimum absolute atomic E-state index is 0.0757. The van der Waals surface area contributed by atoms with Crippen LogP contribution in [0.15, 0.2) is 34.7 Å². The van der Waals surface area contributed by atoms with E-state index in [2.05, 4.69) is 27.0 Å². The summed E-state index contributed by atoms with van der Waals surface area (Å²) in [6, 6.07) is 10.2. The van der Waals surface area contributed by atoms with Gasteiger partial charge in [-0.05, 0) is 32.9 Å². The zero-order valence-corrected chi connectivity index (χ0v) is 14.9. The molecule has 132 valence electrons. The summed E-state index contributed by atoms with van der Waals surface area (Å²) in [4.78, 5) is 11.1. The molecule has 0 aliphatic carbocycles. The Morgan fingerprint density at radius 1 is 1.20 bits per heavy atom. The molecule has 0 bridgehead atoms. The van der Waals surface area contributed by atoms with E-state index in [0.717, 1.165) is 22.3 Å². The molecule has 1 aromatic carbocycles. The van der Waals surface area contributed by atoms with E-state index in [4.69, 9.17) is 10.2 Å². The van der Waals surface area contributed by atoms with E-state index in [9.17, 15) is 5.11 Å². The van der Waals surface area contributed by atoms with Crippen LogP contribution in [0.3, 0.4) is 0 Å². The van der Waals surface area contributed by atoms with Crippen molar-refractivity contribution in [2.45, 2.75) is 32.9 Å². The van der Waals surface area contributed by atoms with Gasteiger partial charge in [-0.3, -0.25) is 4.90 Å². The predicted molar refractivity (Wildman–Crippen MR) is 98.0 cm³/mol. The Morgan fingerprint density at radius 3 is 2.60 bits per heavy atom. The third kappa shape index (κ3) is 3.50. The minimum Gasteiger partial charge on any atom is -0.443 e. The molecular formula is C19H24N4O2. The highest BCUT2D eigenvalue weighted by atomic mass is 16.3. The van der Waals surface area contributed by atoms with Crippen molar-refractivity contribution in [3.05, 3.63) is 53.0 Å². The molecule has 2 aromatic heterocycles. The number of nitrogen functional groups attached to an aromatic ring is 1. The number of nitrogens with two attached hydrogens (primary N) is 1. The van der Waals surface area contributed by atoms with E-state index < -0.39 is 0 Å². The Bertz CT molecular complexity index is 861. The molecule has 0 spiro atoms. The second-order valence-corrected chi connectivity index (χ2v) is 6.34. The lowest BCUT2D eigenvalue weighted by atomic mass is 10.0. The molecular weight excluding hydrogens is 316 g/mol. The fraction of sp³-hybridized carbons (Fsp3) is 0.368. The summed E-state index contributed by atoms with van der Waals surface area (Å²) in [7, 11) is 2.00. The molecule has 0 aliphatic heterocycles. The maximum absolute atomic E-state index is 9.44. The van der Waals surface area contributed by atoms with Gasteiger partial charge in [0.1, 0.15) is 17.4 Å². The molecule has 0 radical (unpaired) electrons. The normalized spacial score (nSPS) is 12.8. The average Bonchev–Trinajstić information content (AvgIpc) is 2.88. The van der Waals surface area contributed by atoms with Crippen molar-refractivity contribution >= 4 is 16.9 Å². The summed E-state index contributed by atoms with van der Waals surface area (Å²) in [6.07, 6.45) is 0.636. The molecule has 0 saturated carbocycles. The van der Waals surface area contributed by atoms with Crippen molar-refractivity contribution in [2.24, 2.45) is 0 Å². The quantitative estimate of drug-likeness (QED) is 0.717. The van der Waals surface area contributed by atoms with Crippen molar-refractivity contribution < 1.29 is 9.52 Å². The third-order valence-corrected chi connectivity index (χ3v) is 4.61. The first kappa shape index (κ1) is 17.4. The number of aliphatic hydroxyl groups excluding tert-OH is 1. The molecule has 1 unspecified atom stereocenters. The molecule has 1 atom stereocenters. The molecule has 2 heterocycles. The van der Waals surface area contributed by atoms with Crippen LogP contribution in [-0.2, 0) is 6.54 Å². The van der Waals surface area contributed by atoms with Gasteiger partial charge in [-0.25, -0.2) is 4.98 Å². The van der Waals surface area contributed by atoms with Gasteiger partial charge < -0.3 is 15.3 Å². The van der Waals surface area contributed by atoms with E-state index in [1.165, 1.54) is 0 Å². The van der Waals surface area contributed by atoms with Crippen LogP contribution in [0.5, 0.6) is 0 Å². The van der Waals surface area contributed by atoms with Crippen LogP contribution in [0.25, 0.3) is 11.1 Å². The number of furan rings is 1. The largest absolute Gasteiger partial charge is 0.443 e. The first-order chi connectivity index (χ1) is 12.0. The molecule has 3 N–H and O–H groups in total. The molecule has 0 amide bonds. The van der Waals surface area contributed by atoms with E-state index in [1.807, 2.05) is 39.1 Å². The number of nitrogens with zero attached hydrogens (tertiary/aromatic N) is 3. The number of aliphatic hydroxyl groups is 1. The molecule has 6 nitrogen and oxygen atoms in total. The highest BCUT2D eigenvalue weighted by Crippen LogP contribution is 2.28. The first-order valence-electron chi connectivity index (χ1n) is 8.39. The van der Waals surface area contributed by atoms with Crippen LogP contribution < -0.4 is 5.73 Å². The fourth-order valence-electron chi connectivity index (χ4n) is 3.17. The lowest BCUT2D eigenvalue weighted by Crippen LogP contribution is -2.26. The molecule has 6 heteroatoms. The summed E-state index contributed by atoms with van der Waals surface area (Å²) in [5.41, 5.74) is 8.79. The van der Waals surface area contributed by atoms with Crippen molar-refractivity contribution in [3.8, 4) is 0 Å². The Kier molecular flexibility index (Phi) is 5.01. The summed E-state index contributed by atoms with van der Waals surface area (Å²) >= 11 is 0. The highest BCUT2D eigenvalue weighted by Gasteiger charge is 2.20. The van der Waals surface area contributed by atoms with Crippen LogP contribution in [0.1, 0.15) is 35.2 Å². The van der Waals surface area contributed by atoms with E-state index >= 15 is 0 Å². The maximum Gasteiger partial charge on any atom is 0.231 e. The number of rotatable bonds is 6. The Balaban J connectivity index is 1.88. The molecule has 3 aromatic rings. The molecule has 25 heavy (non-hydrogen) atoms. The topological polar surface area (TPSA) is 88.4 Å². The average molecular weight is 340 g/mol. The molecule has 0 fully saturated rings. The monoisotopic (exact) mass is 340 g/mol. The fourth-order valence-corrected chi connectivity index (χ4v) is 3.17. The molecule has 3 rings (SSSR count). The number of aryl methyl sites for hydroxylation is 2. The molecule has 0 saturated heterocycles. The van der Waals surface area contributed by atoms with Crippen LogP contribution in [0.2, 0.25) is 0 Å². The third-order valence-electron chi connectivity index (χ3n) is 4.61. The lowest BCUT2D eigenvalue weighted by Gasteiger charge is -2.27. The number of fused-ring (bicyclic) bond motifs is 1. The summed E-state index contributed by atoms with van der Waals surface area (Å²) in [5, 5.41) is 10.2. The van der Waals surface area contributed by atoms with Crippen LogP contribution >= 0.6 is 0 Å². The Labute approximate surface area is 147 Å². The van der Waals surface area contributed by atoms with Gasteiger partial charge in [-0.2, -0.15) is 4.98 Å². The van der Waals surface area contributed by atoms with Gasteiger partial charge in [0.25, 0.3) is 0 Å². The first-order valence-corrected chi connectivity index (χ1v) is 8.39. The Morgan fingerprint density at radius 2 is 1.92 bits per heavy atom. The lowest BCUT2D eigenvalue weighted by molar-refractivity contribution is 0.177. The number of hydrogen-bond acceptors (Lipinski definition) is 6. The zero-order chi connectivity index (χ0) is 18.0. The molecule has 0 aliphatic rings. The number of hydrogen-bond donors (Lipinski definition) is 2. The summed E-state index contributed by atoms with van der Waals surface area (Å²) in [6.45, 7) is 4.48. The van der Waals surface area contributed by atoms with Gasteiger partial charge in [0.2, 0.25) is 5.71 Å². The SMILES string of the molecule is Cc1oc2nc(CN(C)C(CCO)c3ccccc3)nc(N)c2c1C. The smallest absolute Gasteiger partial charge is 0.231 e. The van der Waals surface area contributed by atoms with E-state index in [0.29, 0.717) is 30.3 Å². The predicted octanol–water partition coefficient (Wildman–Crippen LogP) is 2.98. The maximum atomic E-state index is 9.44.